The zero-order valence-corrected chi connectivity index (χ0v) is 8.48. The average Bonchev–Trinajstić information content (AvgIpc) is 2.49. The monoisotopic (exact) mass is 219 g/mol. The summed E-state index contributed by atoms with van der Waals surface area (Å²) in [5, 5.41) is 11.8. The van der Waals surface area contributed by atoms with Crippen LogP contribution in [0.4, 0.5) is 0 Å². The van der Waals surface area contributed by atoms with Crippen LogP contribution in [0.3, 0.4) is 0 Å². The van der Waals surface area contributed by atoms with E-state index in [0.29, 0.717) is 12.2 Å². The zero-order chi connectivity index (χ0) is 10.1. The fourth-order valence-electron chi connectivity index (χ4n) is 1.29. The van der Waals surface area contributed by atoms with E-state index in [4.69, 9.17) is 5.11 Å². The molecule has 14 heavy (non-hydrogen) atoms. The Balaban J connectivity index is 0.00000169. The summed E-state index contributed by atoms with van der Waals surface area (Å²) < 4.78 is 0. The molecule has 4 nitrogen and oxygen atoms in total. The molecule has 0 saturated carbocycles. The first-order valence-electron chi connectivity index (χ1n) is 4.17. The van der Waals surface area contributed by atoms with Crippen LogP contribution in [0, 0.1) is 0 Å². The van der Waals surface area contributed by atoms with Gasteiger partial charge in [0.25, 0.3) is 0 Å². The molecule has 0 bridgehead atoms. The minimum absolute atomic E-state index is 0. The topological polar surface area (TPSA) is 66.4 Å². The second-order valence-electron chi connectivity index (χ2n) is 3.10. The molecule has 82 valence electrons. The van der Waals surface area contributed by atoms with Crippen molar-refractivity contribution in [3.8, 4) is 0 Å². The maximum atomic E-state index is 11.0. The van der Waals surface area contributed by atoms with E-state index in [-0.39, 0.29) is 19.3 Å². The number of hydrogen-bond donors (Lipinski definition) is 2. The Morgan fingerprint density at radius 1 is 1.64 bits per heavy atom. The van der Waals surface area contributed by atoms with E-state index >= 15 is 0 Å². The van der Waals surface area contributed by atoms with Gasteiger partial charge in [0.15, 0.2) is 4.87 Å². The predicted octanol–water partition coefficient (Wildman–Crippen LogP) is 1.11. The van der Waals surface area contributed by atoms with Crippen LogP contribution >= 0.6 is 11.8 Å². The highest BCUT2D eigenvalue weighted by molar-refractivity contribution is 8.01. The molecule has 1 fully saturated rings. The number of rotatable bonds is 3. The van der Waals surface area contributed by atoms with Gasteiger partial charge in [-0.2, -0.15) is 0 Å². The molecular weight excluding hydrogens is 202 g/mol. The van der Waals surface area contributed by atoms with E-state index < -0.39 is 10.8 Å². The lowest BCUT2D eigenvalue weighted by atomic mass is 10.1. The normalized spacial score (nSPS) is 30.9. The first-order chi connectivity index (χ1) is 6.02. The molecular formula is C9H17NO3S. The summed E-state index contributed by atoms with van der Waals surface area (Å²) in [6.07, 6.45) is 0.483. The third kappa shape index (κ3) is 2.27. The molecule has 1 unspecified atom stereocenters. The lowest BCUT2D eigenvalue weighted by Gasteiger charge is -2.22. The van der Waals surface area contributed by atoms with Gasteiger partial charge < -0.3 is 5.11 Å². The Morgan fingerprint density at radius 2 is 2.21 bits per heavy atom. The molecule has 1 aliphatic heterocycles. The number of carbonyl (C=O) groups excluding carboxylic acids is 1. The molecule has 2 N–H and O–H groups in total. The average molecular weight is 219 g/mol. The molecule has 1 rings (SSSR count). The number of carboxylic acid groups (broad SMARTS) is 1. The summed E-state index contributed by atoms with van der Waals surface area (Å²) in [6.45, 7) is 3.28. The van der Waals surface area contributed by atoms with Crippen molar-refractivity contribution in [2.45, 2.75) is 38.6 Å². The molecule has 1 saturated heterocycles. The summed E-state index contributed by atoms with van der Waals surface area (Å²) in [6, 6.07) is -0.305. The van der Waals surface area contributed by atoms with Crippen molar-refractivity contribution in [2.75, 3.05) is 5.75 Å². The second-order valence-corrected chi connectivity index (χ2v) is 4.42. The summed E-state index contributed by atoms with van der Waals surface area (Å²) in [5.41, 5.74) is 0. The van der Waals surface area contributed by atoms with E-state index in [2.05, 4.69) is 5.32 Å². The van der Waals surface area contributed by atoms with Gasteiger partial charge in [-0.3, -0.25) is 10.1 Å². The van der Waals surface area contributed by atoms with Gasteiger partial charge in [-0.05, 0) is 13.3 Å². The second kappa shape index (κ2) is 4.79. The molecule has 0 aromatic carbocycles. The first kappa shape index (κ1) is 13.4. The van der Waals surface area contributed by atoms with Crippen LogP contribution in [0.25, 0.3) is 0 Å². The Labute approximate surface area is 88.4 Å². The molecule has 1 aliphatic rings. The summed E-state index contributed by atoms with van der Waals surface area (Å²) in [5.74, 6) is -0.331. The molecule has 5 heteroatoms. The van der Waals surface area contributed by atoms with Gasteiger partial charge in [0.05, 0.1) is 6.04 Å². The third-order valence-electron chi connectivity index (χ3n) is 2.24. The van der Waals surface area contributed by atoms with Crippen LogP contribution in [0.5, 0.6) is 0 Å². The number of aliphatic carboxylic acids is 1. The fourth-order valence-corrected chi connectivity index (χ4v) is 2.61. The van der Waals surface area contributed by atoms with Crippen LogP contribution in [0.1, 0.15) is 27.7 Å². The van der Waals surface area contributed by atoms with Gasteiger partial charge in [-0.25, -0.2) is 4.79 Å². The lowest BCUT2D eigenvalue weighted by Crippen LogP contribution is -2.49. The number of carboxylic acids is 1. The molecule has 0 aromatic rings. The minimum Gasteiger partial charge on any atom is -0.479 e. The number of thioether (sulfide) groups is 1. The van der Waals surface area contributed by atoms with Crippen molar-refractivity contribution >= 4 is 23.5 Å². The lowest BCUT2D eigenvalue weighted by molar-refractivity contribution is -0.141. The zero-order valence-electron chi connectivity index (χ0n) is 7.66. The standard InChI is InChI=1S/C8H13NO3S.CH4/c1-3-8(7(11)12)9-6(4-13-8)5(2)10;/h6,9H,3-4H2,1-2H3,(H,11,12);1H4/t6-,8?;/m0./s1. The Hall–Kier alpha value is -0.550. The molecule has 0 aliphatic carbocycles. The van der Waals surface area contributed by atoms with E-state index in [9.17, 15) is 9.59 Å². The molecule has 0 radical (unpaired) electrons. The van der Waals surface area contributed by atoms with Crippen molar-refractivity contribution in [2.24, 2.45) is 0 Å². The highest BCUT2D eigenvalue weighted by atomic mass is 32.2. The van der Waals surface area contributed by atoms with Crippen molar-refractivity contribution in [1.82, 2.24) is 5.32 Å². The highest BCUT2D eigenvalue weighted by Gasteiger charge is 2.45. The largest absolute Gasteiger partial charge is 0.479 e. The van der Waals surface area contributed by atoms with Crippen LogP contribution < -0.4 is 5.32 Å². The van der Waals surface area contributed by atoms with E-state index in [1.807, 2.05) is 0 Å². The van der Waals surface area contributed by atoms with Crippen molar-refractivity contribution < 1.29 is 14.7 Å². The molecule has 0 aromatic heterocycles. The Morgan fingerprint density at radius 3 is 2.43 bits per heavy atom. The summed E-state index contributed by atoms with van der Waals surface area (Å²) >= 11 is 1.30. The Kier molecular flexibility index (Phi) is 4.61. The third-order valence-corrected chi connectivity index (χ3v) is 3.81. The van der Waals surface area contributed by atoms with Crippen molar-refractivity contribution in [3.63, 3.8) is 0 Å². The number of nitrogens with one attached hydrogen (secondary N) is 1. The van der Waals surface area contributed by atoms with Gasteiger partial charge in [0, 0.05) is 5.75 Å². The SMILES string of the molecule is C.CCC1(C(=O)O)N[C@H](C(C)=O)CS1. The van der Waals surface area contributed by atoms with E-state index in [0.717, 1.165) is 0 Å². The number of Topliss-reactive ketones (excluding diaryl/α,β-unsaturated/α-hetero) is 1. The maximum Gasteiger partial charge on any atom is 0.334 e. The Bertz CT molecular complexity index is 244. The fraction of sp³-hybridized carbons (Fsp3) is 0.778. The van der Waals surface area contributed by atoms with Gasteiger partial charge in [0.1, 0.15) is 5.78 Å². The van der Waals surface area contributed by atoms with E-state index in [1.54, 1.807) is 6.92 Å². The van der Waals surface area contributed by atoms with Gasteiger partial charge in [0.2, 0.25) is 0 Å². The first-order valence-corrected chi connectivity index (χ1v) is 5.16. The van der Waals surface area contributed by atoms with Gasteiger partial charge in [-0.1, -0.05) is 14.4 Å². The number of hydrogen-bond acceptors (Lipinski definition) is 4. The van der Waals surface area contributed by atoms with Gasteiger partial charge in [-0.15, -0.1) is 11.8 Å². The van der Waals surface area contributed by atoms with E-state index in [1.165, 1.54) is 18.7 Å². The van der Waals surface area contributed by atoms with Crippen molar-refractivity contribution in [3.05, 3.63) is 0 Å². The van der Waals surface area contributed by atoms with Gasteiger partial charge >= 0.3 is 5.97 Å². The van der Waals surface area contributed by atoms with Crippen molar-refractivity contribution in [1.29, 1.82) is 0 Å². The summed E-state index contributed by atoms with van der Waals surface area (Å²) in [7, 11) is 0. The van der Waals surface area contributed by atoms with Crippen LogP contribution in [-0.4, -0.2) is 33.5 Å². The minimum atomic E-state index is -0.948. The molecule has 1 heterocycles. The summed E-state index contributed by atoms with van der Waals surface area (Å²) in [4.78, 5) is 21.0. The van der Waals surface area contributed by atoms with Crippen LogP contribution in [-0.2, 0) is 9.59 Å². The maximum absolute atomic E-state index is 11.0. The number of ketones is 1. The number of carbonyl (C=O) groups is 2. The van der Waals surface area contributed by atoms with Crippen LogP contribution in [0.2, 0.25) is 0 Å². The quantitative estimate of drug-likeness (QED) is 0.744. The molecule has 0 amide bonds. The molecule has 2 atom stereocenters. The molecule has 0 spiro atoms. The highest BCUT2D eigenvalue weighted by Crippen LogP contribution is 2.33. The predicted molar refractivity (Wildman–Crippen MR) is 57.5 cm³/mol. The smallest absolute Gasteiger partial charge is 0.334 e. The van der Waals surface area contributed by atoms with Crippen LogP contribution in [0.15, 0.2) is 0 Å².